The minimum absolute atomic E-state index is 0.263. The lowest BCUT2D eigenvalue weighted by molar-refractivity contribution is -0.461. The fourth-order valence-electron chi connectivity index (χ4n) is 2.34. The fraction of sp³-hybridized carbons (Fsp3) is 0.571. The molecule has 0 bridgehead atoms. The Balaban J connectivity index is 1.97. The van der Waals surface area contributed by atoms with Gasteiger partial charge in [-0.05, 0) is 45.3 Å². The normalized spacial score (nSPS) is 26.5. The van der Waals surface area contributed by atoms with E-state index in [2.05, 4.69) is 9.47 Å². The molecule has 0 N–H and O–H groups in total. The van der Waals surface area contributed by atoms with Crippen LogP contribution in [0.2, 0.25) is 0 Å². The van der Waals surface area contributed by atoms with Gasteiger partial charge in [-0.15, -0.1) is 8.78 Å². The molecular formula is C14H15BF4O4. The summed E-state index contributed by atoms with van der Waals surface area (Å²) >= 11 is 0. The SMILES string of the molecule is CC1(C)OB(c2ccc3c(c2)C(F)(F)OC(F)(F)O3)OC1(C)C. The molecule has 23 heavy (non-hydrogen) atoms. The first-order chi connectivity index (χ1) is 10.3. The zero-order chi connectivity index (χ0) is 17.3. The Morgan fingerprint density at radius 1 is 0.913 bits per heavy atom. The molecule has 0 unspecified atom stereocenters. The molecule has 1 saturated heterocycles. The quantitative estimate of drug-likeness (QED) is 0.585. The summed E-state index contributed by atoms with van der Waals surface area (Å²) < 4.78 is 72.7. The molecule has 0 aromatic heterocycles. The van der Waals surface area contributed by atoms with Crippen molar-refractivity contribution in [2.75, 3.05) is 0 Å². The third kappa shape index (κ3) is 2.70. The molecule has 1 fully saturated rings. The number of hydrogen-bond acceptors (Lipinski definition) is 4. The van der Waals surface area contributed by atoms with Gasteiger partial charge >= 0.3 is 19.5 Å². The van der Waals surface area contributed by atoms with Crippen LogP contribution >= 0.6 is 0 Å². The molecule has 2 heterocycles. The van der Waals surface area contributed by atoms with E-state index in [1.165, 1.54) is 6.07 Å². The standard InChI is InChI=1S/C14H15BF4O4/c1-11(2)12(3,4)23-15(22-11)8-5-6-10-9(7-8)13(16,17)21-14(18,19)20-10/h5-7H,1-4H3. The van der Waals surface area contributed by atoms with E-state index in [-0.39, 0.29) is 5.46 Å². The van der Waals surface area contributed by atoms with Gasteiger partial charge in [0, 0.05) is 0 Å². The molecule has 0 amide bonds. The first kappa shape index (κ1) is 16.5. The molecular weight excluding hydrogens is 319 g/mol. The van der Waals surface area contributed by atoms with Crippen molar-refractivity contribution in [3.8, 4) is 5.75 Å². The van der Waals surface area contributed by atoms with Crippen LogP contribution in [0, 0.1) is 0 Å². The van der Waals surface area contributed by atoms with Gasteiger partial charge < -0.3 is 14.0 Å². The van der Waals surface area contributed by atoms with Crippen molar-refractivity contribution in [3.05, 3.63) is 23.8 Å². The van der Waals surface area contributed by atoms with E-state index >= 15 is 0 Å². The van der Waals surface area contributed by atoms with Crippen LogP contribution in [0.5, 0.6) is 5.75 Å². The number of fused-ring (bicyclic) bond motifs is 1. The molecule has 4 nitrogen and oxygen atoms in total. The van der Waals surface area contributed by atoms with Gasteiger partial charge in [-0.2, -0.15) is 8.78 Å². The minimum atomic E-state index is -4.39. The second-order valence-electron chi connectivity index (χ2n) is 6.53. The summed E-state index contributed by atoms with van der Waals surface area (Å²) in [6.07, 6.45) is -8.57. The fourth-order valence-corrected chi connectivity index (χ4v) is 2.34. The lowest BCUT2D eigenvalue weighted by Gasteiger charge is -2.32. The topological polar surface area (TPSA) is 36.9 Å². The summed E-state index contributed by atoms with van der Waals surface area (Å²) in [6, 6.07) is 3.37. The molecule has 3 rings (SSSR count). The molecule has 0 spiro atoms. The van der Waals surface area contributed by atoms with Gasteiger partial charge in [-0.3, -0.25) is 0 Å². The Morgan fingerprint density at radius 3 is 2.04 bits per heavy atom. The van der Waals surface area contributed by atoms with E-state index in [1.807, 2.05) is 27.7 Å². The van der Waals surface area contributed by atoms with E-state index in [0.717, 1.165) is 12.1 Å². The van der Waals surface area contributed by atoms with E-state index < -0.39 is 42.0 Å². The van der Waals surface area contributed by atoms with Crippen LogP contribution in [0.25, 0.3) is 0 Å². The molecule has 1 aromatic carbocycles. The first-order valence-corrected chi connectivity index (χ1v) is 6.98. The second-order valence-corrected chi connectivity index (χ2v) is 6.53. The highest BCUT2D eigenvalue weighted by Gasteiger charge is 2.56. The summed E-state index contributed by atoms with van der Waals surface area (Å²) in [5.74, 6) is -0.647. The van der Waals surface area contributed by atoms with Crippen molar-refractivity contribution in [2.24, 2.45) is 0 Å². The maximum atomic E-state index is 13.8. The van der Waals surface area contributed by atoms with E-state index in [1.54, 1.807) is 0 Å². The first-order valence-electron chi connectivity index (χ1n) is 6.98. The smallest absolute Gasteiger partial charge is 0.409 e. The highest BCUT2D eigenvalue weighted by Crippen LogP contribution is 2.46. The highest BCUT2D eigenvalue weighted by atomic mass is 19.3. The summed E-state index contributed by atoms with van der Waals surface area (Å²) in [7, 11) is -0.900. The largest absolute Gasteiger partial charge is 0.540 e. The number of rotatable bonds is 1. The van der Waals surface area contributed by atoms with Crippen LogP contribution < -0.4 is 10.2 Å². The lowest BCUT2D eigenvalue weighted by Crippen LogP contribution is -2.42. The van der Waals surface area contributed by atoms with Gasteiger partial charge in [0.05, 0.1) is 16.8 Å². The van der Waals surface area contributed by atoms with Crippen molar-refractivity contribution in [2.45, 2.75) is 51.3 Å². The van der Waals surface area contributed by atoms with Crippen molar-refractivity contribution in [1.82, 2.24) is 0 Å². The molecule has 2 aliphatic rings. The van der Waals surface area contributed by atoms with Gasteiger partial charge in [0.15, 0.2) is 0 Å². The van der Waals surface area contributed by atoms with Crippen molar-refractivity contribution in [1.29, 1.82) is 0 Å². The van der Waals surface area contributed by atoms with E-state index in [9.17, 15) is 17.6 Å². The summed E-state index contributed by atoms with van der Waals surface area (Å²) in [6.45, 7) is 7.25. The molecule has 1 aromatic rings. The van der Waals surface area contributed by atoms with Gasteiger partial charge in [0.2, 0.25) is 0 Å². The molecule has 0 saturated carbocycles. The molecule has 0 radical (unpaired) electrons. The van der Waals surface area contributed by atoms with Gasteiger partial charge in [0.1, 0.15) is 5.75 Å². The van der Waals surface area contributed by atoms with Crippen molar-refractivity contribution < 1.29 is 36.3 Å². The molecule has 9 heteroatoms. The Morgan fingerprint density at radius 2 is 1.48 bits per heavy atom. The van der Waals surface area contributed by atoms with Gasteiger partial charge in [-0.1, -0.05) is 6.07 Å². The predicted molar refractivity (Wildman–Crippen MR) is 72.7 cm³/mol. The van der Waals surface area contributed by atoms with Gasteiger partial charge in [0.25, 0.3) is 0 Å². The molecule has 0 atom stereocenters. The second kappa shape index (κ2) is 4.61. The van der Waals surface area contributed by atoms with Crippen LogP contribution in [0.3, 0.4) is 0 Å². The predicted octanol–water partition coefficient (Wildman–Crippen LogP) is 2.99. The van der Waals surface area contributed by atoms with Crippen molar-refractivity contribution >= 4 is 12.6 Å². The summed E-state index contributed by atoms with van der Waals surface area (Å²) in [5, 5.41) is 0. The van der Waals surface area contributed by atoms with Crippen molar-refractivity contribution in [3.63, 3.8) is 0 Å². The Labute approximate surface area is 130 Å². The lowest BCUT2D eigenvalue weighted by atomic mass is 9.78. The zero-order valence-corrected chi connectivity index (χ0v) is 13.0. The number of alkyl halides is 4. The number of hydrogen-bond donors (Lipinski definition) is 0. The minimum Gasteiger partial charge on any atom is -0.409 e. The third-order valence-electron chi connectivity index (χ3n) is 4.32. The van der Waals surface area contributed by atoms with Crippen LogP contribution in [0.4, 0.5) is 17.6 Å². The van der Waals surface area contributed by atoms with E-state index in [0.29, 0.717) is 0 Å². The zero-order valence-electron chi connectivity index (χ0n) is 13.0. The highest BCUT2D eigenvalue weighted by molar-refractivity contribution is 6.62. The Kier molecular flexibility index (Phi) is 3.32. The number of halogens is 4. The number of benzene rings is 1. The average molecular weight is 334 g/mol. The van der Waals surface area contributed by atoms with Crippen LogP contribution in [-0.4, -0.2) is 24.6 Å². The Bertz CT molecular complexity index is 632. The average Bonchev–Trinajstić information content (AvgIpc) is 2.55. The molecule has 0 aliphatic carbocycles. The third-order valence-corrected chi connectivity index (χ3v) is 4.32. The van der Waals surface area contributed by atoms with E-state index in [4.69, 9.17) is 9.31 Å². The van der Waals surface area contributed by atoms with Crippen LogP contribution in [0.15, 0.2) is 18.2 Å². The molecule has 2 aliphatic heterocycles. The monoisotopic (exact) mass is 334 g/mol. The molecule has 126 valence electrons. The van der Waals surface area contributed by atoms with Crippen LogP contribution in [0.1, 0.15) is 33.3 Å². The Hall–Kier alpha value is -1.32. The summed E-state index contributed by atoms with van der Waals surface area (Å²) in [4.78, 5) is 0. The number of ether oxygens (including phenoxy) is 2. The maximum Gasteiger partial charge on any atom is 0.540 e. The maximum absolute atomic E-state index is 13.8. The summed E-state index contributed by atoms with van der Waals surface area (Å²) in [5.41, 5.74) is -1.85. The van der Waals surface area contributed by atoms with Gasteiger partial charge in [-0.25, -0.2) is 4.74 Å². The van der Waals surface area contributed by atoms with Crippen LogP contribution in [-0.2, 0) is 20.2 Å².